The Hall–Kier alpha value is -2.75. The normalized spacial score (nSPS) is 24.2. The highest BCUT2D eigenvalue weighted by atomic mass is 16.5. The van der Waals surface area contributed by atoms with E-state index in [-0.39, 0.29) is 17.7 Å². The van der Waals surface area contributed by atoms with Gasteiger partial charge in [0.05, 0.1) is 36.6 Å². The van der Waals surface area contributed by atoms with Gasteiger partial charge in [-0.15, -0.1) is 5.10 Å². The Bertz CT molecular complexity index is 1220. The van der Waals surface area contributed by atoms with E-state index in [4.69, 9.17) is 19.6 Å². The molecule has 0 radical (unpaired) electrons. The molecule has 2 N–H and O–H groups in total. The topological polar surface area (TPSA) is 97.0 Å². The van der Waals surface area contributed by atoms with Gasteiger partial charge in [0.25, 0.3) is 0 Å². The molecule has 37 heavy (non-hydrogen) atoms. The van der Waals surface area contributed by atoms with Crippen LogP contribution in [0.15, 0.2) is 30.6 Å². The van der Waals surface area contributed by atoms with Gasteiger partial charge >= 0.3 is 0 Å². The summed E-state index contributed by atoms with van der Waals surface area (Å²) < 4.78 is 13.2. The van der Waals surface area contributed by atoms with Gasteiger partial charge in [-0.1, -0.05) is 0 Å². The van der Waals surface area contributed by atoms with Crippen LogP contribution in [0.5, 0.6) is 0 Å². The molecule has 1 spiro atoms. The Morgan fingerprint density at radius 3 is 2.65 bits per heavy atom. The fraction of sp³-hybridized carbons (Fsp3) is 0.607. The fourth-order valence-electron chi connectivity index (χ4n) is 6.17. The summed E-state index contributed by atoms with van der Waals surface area (Å²) in [5.74, 6) is 1.96. The van der Waals surface area contributed by atoms with E-state index in [1.54, 1.807) is 7.11 Å². The van der Waals surface area contributed by atoms with Gasteiger partial charge in [0.2, 0.25) is 5.95 Å². The van der Waals surface area contributed by atoms with E-state index in [1.165, 1.54) is 12.1 Å². The number of methoxy groups -OCH3 is 1. The van der Waals surface area contributed by atoms with Crippen molar-refractivity contribution in [3.8, 4) is 11.1 Å². The number of nitrogens with one attached hydrogen (secondary N) is 1. The molecule has 0 amide bonds. The fourth-order valence-corrected chi connectivity index (χ4v) is 6.17. The highest BCUT2D eigenvalue weighted by Gasteiger charge is 2.41. The summed E-state index contributed by atoms with van der Waals surface area (Å²) in [5, 5.41) is 18.4. The van der Waals surface area contributed by atoms with E-state index < -0.39 is 0 Å². The molecular formula is C28H38N6O3. The zero-order valence-electron chi connectivity index (χ0n) is 21.9. The maximum absolute atomic E-state index is 10.1. The van der Waals surface area contributed by atoms with Crippen molar-refractivity contribution in [3.05, 3.63) is 36.3 Å². The number of rotatable bonds is 7. The summed E-state index contributed by atoms with van der Waals surface area (Å²) in [6.45, 7) is 5.48. The van der Waals surface area contributed by atoms with Crippen LogP contribution >= 0.6 is 0 Å². The van der Waals surface area contributed by atoms with Crippen molar-refractivity contribution in [3.63, 3.8) is 0 Å². The average Bonchev–Trinajstić information content (AvgIpc) is 3.27. The van der Waals surface area contributed by atoms with Crippen LogP contribution in [-0.4, -0.2) is 75.8 Å². The molecule has 9 heteroatoms. The van der Waals surface area contributed by atoms with Crippen molar-refractivity contribution >= 4 is 17.3 Å². The maximum Gasteiger partial charge on any atom is 0.241 e. The minimum atomic E-state index is -0.194. The summed E-state index contributed by atoms with van der Waals surface area (Å²) in [6, 6.07) is 6.67. The lowest BCUT2D eigenvalue weighted by molar-refractivity contribution is -0.158. The lowest BCUT2D eigenvalue weighted by atomic mass is 9.84. The summed E-state index contributed by atoms with van der Waals surface area (Å²) in [4.78, 5) is 11.8. The second-order valence-electron chi connectivity index (χ2n) is 11.0. The third-order valence-electron chi connectivity index (χ3n) is 8.47. The van der Waals surface area contributed by atoms with Crippen molar-refractivity contribution in [2.24, 2.45) is 0 Å². The number of anilines is 2. The van der Waals surface area contributed by atoms with Crippen LogP contribution < -0.4 is 10.2 Å². The number of aromatic nitrogens is 4. The van der Waals surface area contributed by atoms with Gasteiger partial charge in [-0.2, -0.15) is 0 Å². The molecule has 6 rings (SSSR count). The summed E-state index contributed by atoms with van der Waals surface area (Å²) >= 11 is 0. The number of hydrogen-bond donors (Lipinski definition) is 2. The van der Waals surface area contributed by atoms with Crippen molar-refractivity contribution in [1.29, 1.82) is 0 Å². The van der Waals surface area contributed by atoms with Crippen LogP contribution in [-0.2, 0) is 9.47 Å². The zero-order chi connectivity index (χ0) is 25.4. The first kappa shape index (κ1) is 24.6. The van der Waals surface area contributed by atoms with E-state index in [0.717, 1.165) is 80.7 Å². The molecule has 2 aliphatic heterocycles. The lowest BCUT2D eigenvalue weighted by Crippen LogP contribution is -2.52. The number of nitrogens with zero attached hydrogens (tertiary/aromatic N) is 5. The largest absolute Gasteiger partial charge is 0.393 e. The van der Waals surface area contributed by atoms with Crippen molar-refractivity contribution in [1.82, 2.24) is 19.6 Å². The molecule has 3 aliphatic rings. The molecule has 0 unspecified atom stereocenters. The minimum absolute atomic E-state index is 0.0996. The number of aliphatic hydroxyl groups is 1. The Morgan fingerprint density at radius 2 is 1.95 bits per heavy atom. The molecule has 3 aromatic heterocycles. The quantitative estimate of drug-likeness (QED) is 0.496. The van der Waals surface area contributed by atoms with Crippen LogP contribution in [0.4, 0.5) is 11.8 Å². The summed E-state index contributed by atoms with van der Waals surface area (Å²) in [7, 11) is 1.70. The Balaban J connectivity index is 1.33. The van der Waals surface area contributed by atoms with Crippen LogP contribution in [0.2, 0.25) is 0 Å². The van der Waals surface area contributed by atoms with E-state index in [0.29, 0.717) is 18.5 Å². The van der Waals surface area contributed by atoms with Crippen molar-refractivity contribution in [2.45, 2.75) is 75.5 Å². The Morgan fingerprint density at radius 1 is 1.16 bits per heavy atom. The lowest BCUT2D eigenvalue weighted by Gasteiger charge is -2.47. The molecule has 0 bridgehead atoms. The third kappa shape index (κ3) is 4.92. The van der Waals surface area contributed by atoms with E-state index in [2.05, 4.69) is 44.8 Å². The SMILES string of the molecule is COC[C@H](C)Nc1ncc2c(-c3ccnc(N4CCC5(CCO5)CC4)c3)cc(C3CCC(O)CC3)n2n1. The molecule has 9 nitrogen and oxygen atoms in total. The standard InChI is InChI=1S/C28H38N6O3/c1-19(18-36-2)31-27-30-17-25-23(16-24(34(25)32-27)20-3-5-22(35)6-4-20)21-7-11-29-26(15-21)33-12-8-28(9-13-33)10-14-37-28/h7,11,15-17,19-20,22,35H,3-6,8-10,12-14,18H2,1-2H3,(H,31,32)/t19-,20?,22?/m0/s1. The molecular weight excluding hydrogens is 468 g/mol. The summed E-state index contributed by atoms with van der Waals surface area (Å²) in [5.41, 5.74) is 4.55. The van der Waals surface area contributed by atoms with E-state index in [1.807, 2.05) is 12.4 Å². The van der Waals surface area contributed by atoms with Gasteiger partial charge < -0.3 is 24.8 Å². The predicted molar refractivity (Wildman–Crippen MR) is 143 cm³/mol. The van der Waals surface area contributed by atoms with Crippen LogP contribution in [0.1, 0.15) is 63.5 Å². The predicted octanol–water partition coefficient (Wildman–Crippen LogP) is 4.02. The Labute approximate surface area is 218 Å². The second-order valence-corrected chi connectivity index (χ2v) is 11.0. The molecule has 198 valence electrons. The zero-order valence-corrected chi connectivity index (χ0v) is 21.9. The van der Waals surface area contributed by atoms with Gasteiger partial charge in [-0.05, 0) is 75.6 Å². The molecule has 5 heterocycles. The van der Waals surface area contributed by atoms with Crippen molar-refractivity contribution in [2.75, 3.05) is 43.6 Å². The first-order valence-corrected chi connectivity index (χ1v) is 13.7. The molecule has 3 fully saturated rings. The highest BCUT2D eigenvalue weighted by Crippen LogP contribution is 2.40. The average molecular weight is 507 g/mol. The number of hydrogen-bond acceptors (Lipinski definition) is 8. The number of piperidine rings is 1. The Kier molecular flexibility index (Phi) is 6.77. The molecule has 1 atom stereocenters. The summed E-state index contributed by atoms with van der Waals surface area (Å²) in [6.07, 6.45) is 10.5. The number of fused-ring (bicyclic) bond motifs is 1. The number of aliphatic hydroxyl groups excluding tert-OH is 1. The molecule has 0 aromatic carbocycles. The molecule has 2 saturated heterocycles. The van der Waals surface area contributed by atoms with Gasteiger partial charge in [0, 0.05) is 49.6 Å². The van der Waals surface area contributed by atoms with E-state index in [9.17, 15) is 5.11 Å². The number of ether oxygens (including phenoxy) is 2. The van der Waals surface area contributed by atoms with Crippen LogP contribution in [0.3, 0.4) is 0 Å². The van der Waals surface area contributed by atoms with Gasteiger partial charge in [-0.3, -0.25) is 0 Å². The monoisotopic (exact) mass is 506 g/mol. The minimum Gasteiger partial charge on any atom is -0.393 e. The van der Waals surface area contributed by atoms with Crippen LogP contribution in [0, 0.1) is 0 Å². The third-order valence-corrected chi connectivity index (χ3v) is 8.47. The second kappa shape index (κ2) is 10.2. The van der Waals surface area contributed by atoms with Gasteiger partial charge in [0.1, 0.15) is 5.82 Å². The van der Waals surface area contributed by atoms with E-state index >= 15 is 0 Å². The number of pyridine rings is 1. The van der Waals surface area contributed by atoms with Crippen molar-refractivity contribution < 1.29 is 14.6 Å². The smallest absolute Gasteiger partial charge is 0.241 e. The van der Waals surface area contributed by atoms with Gasteiger partial charge in [0.15, 0.2) is 0 Å². The van der Waals surface area contributed by atoms with Crippen LogP contribution in [0.25, 0.3) is 16.6 Å². The van der Waals surface area contributed by atoms with Gasteiger partial charge in [-0.25, -0.2) is 14.5 Å². The first-order chi connectivity index (χ1) is 18.0. The maximum atomic E-state index is 10.1. The first-order valence-electron chi connectivity index (χ1n) is 13.7. The molecule has 1 saturated carbocycles. The highest BCUT2D eigenvalue weighted by molar-refractivity contribution is 5.82. The molecule has 1 aliphatic carbocycles. The molecule has 3 aromatic rings.